The Hall–Kier alpha value is -4.56. The molecule has 0 radical (unpaired) electrons. The van der Waals surface area contributed by atoms with Crippen molar-refractivity contribution in [2.75, 3.05) is 32.2 Å². The maximum atomic E-state index is 13.1. The van der Waals surface area contributed by atoms with E-state index in [4.69, 9.17) is 25.4 Å². The Morgan fingerprint density at radius 1 is 1.10 bits per heavy atom. The van der Waals surface area contributed by atoms with Crippen LogP contribution in [0, 0.1) is 12.3 Å². The number of anilines is 1. The Morgan fingerprint density at radius 3 is 2.46 bits per heavy atom. The van der Waals surface area contributed by atoms with Crippen molar-refractivity contribution >= 4 is 29.4 Å². The van der Waals surface area contributed by atoms with Crippen LogP contribution >= 0.6 is 0 Å². The van der Waals surface area contributed by atoms with Gasteiger partial charge in [0.05, 0.1) is 45.0 Å². The van der Waals surface area contributed by atoms with Crippen LogP contribution in [-0.4, -0.2) is 107 Å². The summed E-state index contributed by atoms with van der Waals surface area (Å²) in [6, 6.07) is 11.8. The number of benzene rings is 2. The van der Waals surface area contributed by atoms with E-state index in [9.17, 15) is 39.6 Å². The number of ether oxygens (including phenoxy) is 4. The highest BCUT2D eigenvalue weighted by Gasteiger charge is 2.56. The lowest BCUT2D eigenvalue weighted by Crippen LogP contribution is -2.68. The van der Waals surface area contributed by atoms with E-state index < -0.39 is 73.6 Å². The predicted octanol–water partition coefficient (Wildman–Crippen LogP) is -0.859. The van der Waals surface area contributed by atoms with Gasteiger partial charge in [-0.25, -0.2) is 4.79 Å². The zero-order valence-corrected chi connectivity index (χ0v) is 26.6. The van der Waals surface area contributed by atoms with E-state index in [1.54, 1.807) is 48.5 Å². The molecule has 48 heavy (non-hydrogen) atoms. The molecule has 0 saturated carbocycles. The van der Waals surface area contributed by atoms with Gasteiger partial charge in [-0.05, 0) is 29.3 Å². The topological polar surface area (TPSA) is 222 Å². The fraction of sp³-hybridized carbons (Fsp3) is 0.455. The second kappa shape index (κ2) is 18.1. The standard InChI is InChI=1S/C33H41N3O12/c1-4-5-14-46-23-12-10-21(11-13-23)19-47-33(32(44)45-3)16-25(39)29(36-28(42)18-37)31(48-33)30(43)26(40)17-34-27(41)15-22-8-6-7-9-24(22)35-20(2)38/h1,6-13,25-26,29-31,37,39-40,43H,5,14-19H2,2-3H3,(H,34,41)(H,35,38)(H,36,42)/t25-,26+,29+,30+,31+,33+/m0/s1. The Labute approximate surface area is 277 Å². The van der Waals surface area contributed by atoms with Gasteiger partial charge in [-0.15, -0.1) is 12.3 Å². The molecule has 15 nitrogen and oxygen atoms in total. The summed E-state index contributed by atoms with van der Waals surface area (Å²) in [6.45, 7) is -0.0662. The summed E-state index contributed by atoms with van der Waals surface area (Å²) in [6.07, 6.45) is -2.06. The third-order valence-corrected chi connectivity index (χ3v) is 7.37. The zero-order chi connectivity index (χ0) is 35.3. The van der Waals surface area contributed by atoms with Gasteiger partial charge in [0.25, 0.3) is 5.79 Å². The molecule has 1 saturated heterocycles. The van der Waals surface area contributed by atoms with Crippen LogP contribution in [0.2, 0.25) is 0 Å². The largest absolute Gasteiger partial charge is 0.493 e. The van der Waals surface area contributed by atoms with Crippen molar-refractivity contribution in [3.05, 3.63) is 59.7 Å². The number of hydrogen-bond donors (Lipinski definition) is 7. The van der Waals surface area contributed by atoms with Crippen LogP contribution in [-0.2, 0) is 46.4 Å². The van der Waals surface area contributed by atoms with Crippen LogP contribution < -0.4 is 20.7 Å². The van der Waals surface area contributed by atoms with Gasteiger partial charge in [-0.1, -0.05) is 30.3 Å². The highest BCUT2D eigenvalue weighted by Crippen LogP contribution is 2.35. The average molecular weight is 672 g/mol. The first-order chi connectivity index (χ1) is 22.9. The Bertz CT molecular complexity index is 1450. The number of aliphatic hydroxyl groups excluding tert-OH is 4. The van der Waals surface area contributed by atoms with Crippen LogP contribution in [0.3, 0.4) is 0 Å². The number of para-hydroxylation sites is 1. The number of methoxy groups -OCH3 is 1. The number of hydrogen-bond acceptors (Lipinski definition) is 12. The summed E-state index contributed by atoms with van der Waals surface area (Å²) in [4.78, 5) is 49.4. The third-order valence-electron chi connectivity index (χ3n) is 7.37. The predicted molar refractivity (Wildman–Crippen MR) is 169 cm³/mol. The van der Waals surface area contributed by atoms with Crippen LogP contribution in [0.4, 0.5) is 5.69 Å². The monoisotopic (exact) mass is 671 g/mol. The minimum Gasteiger partial charge on any atom is -0.493 e. The molecule has 2 aromatic rings. The molecule has 15 heteroatoms. The van der Waals surface area contributed by atoms with E-state index >= 15 is 0 Å². The summed E-state index contributed by atoms with van der Waals surface area (Å²) in [5.41, 5.74) is 1.49. The highest BCUT2D eigenvalue weighted by atomic mass is 16.7. The van der Waals surface area contributed by atoms with E-state index in [1.165, 1.54) is 6.92 Å². The summed E-state index contributed by atoms with van der Waals surface area (Å²) in [5.74, 6) is -2.18. The number of carbonyl (C=O) groups is 4. The first kappa shape index (κ1) is 37.9. The Balaban J connectivity index is 1.77. The number of rotatable bonds is 16. The van der Waals surface area contributed by atoms with Gasteiger partial charge in [0, 0.05) is 32.0 Å². The third kappa shape index (κ3) is 10.5. The molecule has 0 aliphatic carbocycles. The molecule has 1 aliphatic rings. The van der Waals surface area contributed by atoms with Gasteiger partial charge in [0.1, 0.15) is 24.6 Å². The normalized spacial score (nSPS) is 21.6. The van der Waals surface area contributed by atoms with Gasteiger partial charge in [0.15, 0.2) is 0 Å². The fourth-order valence-electron chi connectivity index (χ4n) is 4.98. The van der Waals surface area contributed by atoms with Crippen molar-refractivity contribution in [1.82, 2.24) is 10.6 Å². The summed E-state index contributed by atoms with van der Waals surface area (Å²) in [7, 11) is 1.06. The maximum absolute atomic E-state index is 13.1. The fourth-order valence-corrected chi connectivity index (χ4v) is 4.98. The highest BCUT2D eigenvalue weighted by molar-refractivity contribution is 5.91. The number of amides is 3. The molecule has 1 aliphatic heterocycles. The van der Waals surface area contributed by atoms with Gasteiger partial charge in [-0.2, -0.15) is 0 Å². The summed E-state index contributed by atoms with van der Waals surface area (Å²) in [5, 5.41) is 50.0. The maximum Gasteiger partial charge on any atom is 0.366 e. The molecule has 3 rings (SSSR count). The number of terminal acetylenes is 1. The van der Waals surface area contributed by atoms with Gasteiger partial charge in [0.2, 0.25) is 17.7 Å². The van der Waals surface area contributed by atoms with Crippen molar-refractivity contribution in [2.24, 2.45) is 0 Å². The second-order valence-electron chi connectivity index (χ2n) is 11.0. The van der Waals surface area contributed by atoms with Gasteiger partial charge < -0.3 is 55.3 Å². The number of esters is 1. The first-order valence-corrected chi connectivity index (χ1v) is 15.0. The lowest BCUT2D eigenvalue weighted by atomic mass is 9.88. The van der Waals surface area contributed by atoms with Crippen LogP contribution in [0.1, 0.15) is 30.9 Å². The van der Waals surface area contributed by atoms with Crippen molar-refractivity contribution in [1.29, 1.82) is 0 Å². The smallest absolute Gasteiger partial charge is 0.366 e. The van der Waals surface area contributed by atoms with Crippen molar-refractivity contribution < 1.29 is 58.6 Å². The van der Waals surface area contributed by atoms with E-state index in [0.29, 0.717) is 35.6 Å². The molecule has 1 fully saturated rings. The quantitative estimate of drug-likeness (QED) is 0.0658. The summed E-state index contributed by atoms with van der Waals surface area (Å²) >= 11 is 0. The van der Waals surface area contributed by atoms with E-state index in [0.717, 1.165) is 7.11 Å². The second-order valence-corrected chi connectivity index (χ2v) is 11.0. The molecular formula is C33H41N3O12. The molecule has 0 bridgehead atoms. The SMILES string of the molecule is C#CCCOc1ccc(CO[C@]2(C(=O)OC)C[C@H](O)[C@@H](NC(=O)CO)[C@H]([C@H](O)[C@H](O)CNC(=O)Cc3ccccc3NC(C)=O)O2)cc1. The van der Waals surface area contributed by atoms with Crippen molar-refractivity contribution in [2.45, 2.75) is 69.0 Å². The van der Waals surface area contributed by atoms with Crippen LogP contribution in [0.5, 0.6) is 5.75 Å². The van der Waals surface area contributed by atoms with E-state index in [-0.39, 0.29) is 18.9 Å². The van der Waals surface area contributed by atoms with Crippen LogP contribution in [0.15, 0.2) is 48.5 Å². The van der Waals surface area contributed by atoms with Gasteiger partial charge in [-0.3, -0.25) is 14.4 Å². The molecular weight excluding hydrogens is 630 g/mol. The van der Waals surface area contributed by atoms with E-state index in [1.807, 2.05) is 0 Å². The van der Waals surface area contributed by atoms with Crippen molar-refractivity contribution in [3.8, 4) is 18.1 Å². The van der Waals surface area contributed by atoms with E-state index in [2.05, 4.69) is 21.9 Å². The zero-order valence-electron chi connectivity index (χ0n) is 26.6. The Morgan fingerprint density at radius 2 is 1.81 bits per heavy atom. The molecule has 0 unspecified atom stereocenters. The molecule has 2 aromatic carbocycles. The molecule has 0 aromatic heterocycles. The average Bonchev–Trinajstić information content (AvgIpc) is 3.07. The Kier molecular flexibility index (Phi) is 14.3. The van der Waals surface area contributed by atoms with Crippen LogP contribution in [0.25, 0.3) is 0 Å². The molecule has 7 N–H and O–H groups in total. The minimum absolute atomic E-state index is 0.176. The minimum atomic E-state index is -2.31. The number of carbonyl (C=O) groups excluding carboxylic acids is 4. The number of nitrogens with one attached hydrogen (secondary N) is 3. The summed E-state index contributed by atoms with van der Waals surface area (Å²) < 4.78 is 22.3. The molecule has 0 spiro atoms. The van der Waals surface area contributed by atoms with Gasteiger partial charge >= 0.3 is 5.97 Å². The molecule has 3 amide bonds. The number of aliphatic hydroxyl groups is 4. The molecule has 1 heterocycles. The first-order valence-electron chi connectivity index (χ1n) is 15.0. The lowest BCUT2D eigenvalue weighted by molar-refractivity contribution is -0.315. The van der Waals surface area contributed by atoms with Crippen molar-refractivity contribution in [3.63, 3.8) is 0 Å². The molecule has 260 valence electrons. The molecule has 6 atom stereocenters. The lowest BCUT2D eigenvalue weighted by Gasteiger charge is -2.47.